The van der Waals surface area contributed by atoms with Gasteiger partial charge in [0.15, 0.2) is 0 Å². The second-order valence-corrected chi connectivity index (χ2v) is 5.91. The number of nitrogens with one attached hydrogen (secondary N) is 1. The molecule has 1 aromatic carbocycles. The topological polar surface area (TPSA) is 69.7 Å². The highest BCUT2D eigenvalue weighted by molar-refractivity contribution is 5.96. The molecular weight excluding hydrogens is 306 g/mol. The van der Waals surface area contributed by atoms with Gasteiger partial charge in [0.1, 0.15) is 0 Å². The summed E-state index contributed by atoms with van der Waals surface area (Å²) in [5, 5.41) is 2.65. The fourth-order valence-corrected chi connectivity index (χ4v) is 2.65. The Hall–Kier alpha value is -2.37. The van der Waals surface area contributed by atoms with Gasteiger partial charge in [0, 0.05) is 38.2 Å². The van der Waals surface area contributed by atoms with Gasteiger partial charge in [-0.2, -0.15) is 0 Å². The van der Waals surface area contributed by atoms with E-state index in [9.17, 15) is 14.4 Å². The van der Waals surface area contributed by atoms with Crippen LogP contribution in [-0.4, -0.2) is 60.2 Å². The fraction of sp³-hybridized carbons (Fsp3) is 0.500. The molecule has 0 atom stereocenters. The summed E-state index contributed by atoms with van der Waals surface area (Å²) >= 11 is 0. The maximum Gasteiger partial charge on any atom is 0.251 e. The zero-order valence-electron chi connectivity index (χ0n) is 14.2. The molecule has 0 saturated carbocycles. The molecule has 1 aliphatic rings. The quantitative estimate of drug-likeness (QED) is 0.854. The zero-order chi connectivity index (χ0) is 17.4. The summed E-state index contributed by atoms with van der Waals surface area (Å²) in [5.74, 6) is -0.196. The molecule has 1 N–H and O–H groups in total. The molecular formula is C18H25N3O3. The fourth-order valence-electron chi connectivity index (χ4n) is 2.65. The van der Waals surface area contributed by atoms with Gasteiger partial charge in [-0.25, -0.2) is 0 Å². The third-order valence-corrected chi connectivity index (χ3v) is 4.17. The molecule has 6 heteroatoms. The summed E-state index contributed by atoms with van der Waals surface area (Å²) in [6.07, 6.45) is 2.49. The molecule has 1 saturated heterocycles. The Bertz CT molecular complexity index is 566. The van der Waals surface area contributed by atoms with Crippen molar-refractivity contribution in [1.82, 2.24) is 15.1 Å². The molecule has 3 amide bonds. The lowest BCUT2D eigenvalue weighted by Crippen LogP contribution is -2.52. The van der Waals surface area contributed by atoms with Crippen molar-refractivity contribution in [2.24, 2.45) is 0 Å². The van der Waals surface area contributed by atoms with Gasteiger partial charge >= 0.3 is 0 Å². The molecule has 130 valence electrons. The van der Waals surface area contributed by atoms with Crippen molar-refractivity contribution < 1.29 is 14.4 Å². The Kier molecular flexibility index (Phi) is 6.78. The van der Waals surface area contributed by atoms with Gasteiger partial charge < -0.3 is 15.1 Å². The predicted octanol–water partition coefficient (Wildman–Crippen LogP) is 1.28. The highest BCUT2D eigenvalue weighted by Gasteiger charge is 2.23. The van der Waals surface area contributed by atoms with E-state index in [-0.39, 0.29) is 24.3 Å². The standard InChI is InChI=1S/C18H25N3O3/c1-2-3-9-16(22)20-10-12-21(13-11-20)17(23)14-19-18(24)15-7-5-4-6-8-15/h4-8H,2-3,9-14H2,1H3,(H,19,24). The van der Waals surface area contributed by atoms with Crippen molar-refractivity contribution >= 4 is 17.7 Å². The SMILES string of the molecule is CCCCC(=O)N1CCN(C(=O)CNC(=O)c2ccccc2)CC1. The molecule has 1 heterocycles. The van der Waals surface area contributed by atoms with Gasteiger partial charge in [-0.1, -0.05) is 31.5 Å². The molecule has 1 aliphatic heterocycles. The van der Waals surface area contributed by atoms with E-state index in [2.05, 4.69) is 12.2 Å². The lowest BCUT2D eigenvalue weighted by atomic mass is 10.2. The molecule has 0 unspecified atom stereocenters. The van der Waals surface area contributed by atoms with Crippen LogP contribution in [0.3, 0.4) is 0 Å². The monoisotopic (exact) mass is 331 g/mol. The van der Waals surface area contributed by atoms with E-state index in [0.29, 0.717) is 38.2 Å². The second kappa shape index (κ2) is 9.05. The number of carbonyl (C=O) groups is 3. The minimum atomic E-state index is -0.252. The number of carbonyl (C=O) groups excluding carboxylic acids is 3. The van der Waals surface area contributed by atoms with Crippen LogP contribution in [-0.2, 0) is 9.59 Å². The first kappa shape index (κ1) is 18.0. The summed E-state index contributed by atoms with van der Waals surface area (Å²) < 4.78 is 0. The van der Waals surface area contributed by atoms with Crippen molar-refractivity contribution in [3.8, 4) is 0 Å². The second-order valence-electron chi connectivity index (χ2n) is 5.91. The summed E-state index contributed by atoms with van der Waals surface area (Å²) in [7, 11) is 0. The van der Waals surface area contributed by atoms with E-state index >= 15 is 0 Å². The van der Waals surface area contributed by atoms with Crippen LogP contribution in [0.1, 0.15) is 36.5 Å². The Balaban J connectivity index is 1.73. The molecule has 0 spiro atoms. The molecule has 0 aromatic heterocycles. The van der Waals surface area contributed by atoms with Crippen LogP contribution in [0.25, 0.3) is 0 Å². The third kappa shape index (κ3) is 5.08. The van der Waals surface area contributed by atoms with Crippen LogP contribution < -0.4 is 5.32 Å². The maximum absolute atomic E-state index is 12.2. The first-order chi connectivity index (χ1) is 11.6. The van der Waals surface area contributed by atoms with Crippen molar-refractivity contribution in [3.05, 3.63) is 35.9 Å². The lowest BCUT2D eigenvalue weighted by Gasteiger charge is -2.35. The summed E-state index contributed by atoms with van der Waals surface area (Å²) in [6, 6.07) is 8.82. The smallest absolute Gasteiger partial charge is 0.251 e. The van der Waals surface area contributed by atoms with Crippen molar-refractivity contribution in [2.75, 3.05) is 32.7 Å². The number of hydrogen-bond acceptors (Lipinski definition) is 3. The van der Waals surface area contributed by atoms with Crippen LogP contribution >= 0.6 is 0 Å². The number of unbranched alkanes of at least 4 members (excludes halogenated alkanes) is 1. The van der Waals surface area contributed by atoms with Crippen LogP contribution in [0.2, 0.25) is 0 Å². The molecule has 0 aliphatic carbocycles. The van der Waals surface area contributed by atoms with Gasteiger partial charge in [0.05, 0.1) is 6.54 Å². The number of hydrogen-bond donors (Lipinski definition) is 1. The maximum atomic E-state index is 12.2. The first-order valence-corrected chi connectivity index (χ1v) is 8.50. The highest BCUT2D eigenvalue weighted by Crippen LogP contribution is 2.06. The number of amides is 3. The average molecular weight is 331 g/mol. The number of nitrogens with zero attached hydrogens (tertiary/aromatic N) is 2. The van der Waals surface area contributed by atoms with Gasteiger partial charge in [-0.3, -0.25) is 14.4 Å². The van der Waals surface area contributed by atoms with E-state index < -0.39 is 0 Å². The Morgan fingerprint density at radius 2 is 1.54 bits per heavy atom. The van der Waals surface area contributed by atoms with E-state index in [1.807, 2.05) is 11.0 Å². The minimum Gasteiger partial charge on any atom is -0.343 e. The van der Waals surface area contributed by atoms with Crippen molar-refractivity contribution in [2.45, 2.75) is 26.2 Å². The molecule has 0 bridgehead atoms. The minimum absolute atomic E-state index is 0.0164. The Morgan fingerprint density at radius 3 is 2.12 bits per heavy atom. The van der Waals surface area contributed by atoms with Crippen LogP contribution in [0.15, 0.2) is 30.3 Å². The highest BCUT2D eigenvalue weighted by atomic mass is 16.2. The van der Waals surface area contributed by atoms with E-state index in [1.165, 1.54) is 0 Å². The van der Waals surface area contributed by atoms with E-state index in [4.69, 9.17) is 0 Å². The van der Waals surface area contributed by atoms with Crippen LogP contribution in [0.4, 0.5) is 0 Å². The number of benzene rings is 1. The van der Waals surface area contributed by atoms with E-state index in [0.717, 1.165) is 12.8 Å². The molecule has 0 radical (unpaired) electrons. The number of rotatable bonds is 6. The van der Waals surface area contributed by atoms with Gasteiger partial charge in [0.2, 0.25) is 11.8 Å². The molecule has 24 heavy (non-hydrogen) atoms. The normalized spacial score (nSPS) is 14.4. The Morgan fingerprint density at radius 1 is 0.958 bits per heavy atom. The van der Waals surface area contributed by atoms with Crippen LogP contribution in [0.5, 0.6) is 0 Å². The third-order valence-electron chi connectivity index (χ3n) is 4.17. The predicted molar refractivity (Wildman–Crippen MR) is 91.5 cm³/mol. The van der Waals surface area contributed by atoms with E-state index in [1.54, 1.807) is 29.2 Å². The lowest BCUT2D eigenvalue weighted by molar-refractivity contribution is -0.139. The molecule has 2 rings (SSSR count). The Labute approximate surface area is 142 Å². The van der Waals surface area contributed by atoms with Gasteiger partial charge in [-0.05, 0) is 18.6 Å². The van der Waals surface area contributed by atoms with Gasteiger partial charge in [-0.15, -0.1) is 0 Å². The number of piperazine rings is 1. The summed E-state index contributed by atoms with van der Waals surface area (Å²) in [4.78, 5) is 39.6. The first-order valence-electron chi connectivity index (χ1n) is 8.50. The molecule has 1 aromatic rings. The summed E-state index contributed by atoms with van der Waals surface area (Å²) in [5.41, 5.74) is 0.539. The van der Waals surface area contributed by atoms with Crippen LogP contribution in [0, 0.1) is 0 Å². The summed E-state index contributed by atoms with van der Waals surface area (Å²) in [6.45, 7) is 4.24. The molecule has 1 fully saturated rings. The van der Waals surface area contributed by atoms with Crippen molar-refractivity contribution in [1.29, 1.82) is 0 Å². The van der Waals surface area contributed by atoms with Crippen molar-refractivity contribution in [3.63, 3.8) is 0 Å². The average Bonchev–Trinajstić information content (AvgIpc) is 2.64. The van der Waals surface area contributed by atoms with Gasteiger partial charge in [0.25, 0.3) is 5.91 Å². The zero-order valence-corrected chi connectivity index (χ0v) is 14.2. The molecule has 6 nitrogen and oxygen atoms in total. The largest absolute Gasteiger partial charge is 0.343 e.